The molecule has 2 aromatic rings. The van der Waals surface area contributed by atoms with Gasteiger partial charge >= 0.3 is 0 Å². The second-order valence-corrected chi connectivity index (χ2v) is 3.99. The van der Waals surface area contributed by atoms with Crippen molar-refractivity contribution < 1.29 is 0 Å². The van der Waals surface area contributed by atoms with E-state index >= 15 is 0 Å². The number of hydrogen-bond donors (Lipinski definition) is 2. The Hall–Kier alpha value is -1.38. The summed E-state index contributed by atoms with van der Waals surface area (Å²) in [6.07, 6.45) is 0. The Kier molecular flexibility index (Phi) is 2.71. The third-order valence-corrected chi connectivity index (χ3v) is 2.72. The Bertz CT molecular complexity index is 463. The number of benzene rings is 2. The highest BCUT2D eigenvalue weighted by atomic mass is 14.8. The number of rotatable bonds is 2. The van der Waals surface area contributed by atoms with Crippen LogP contribution < -0.4 is 11.5 Å². The minimum atomic E-state index is -0.0883. The summed E-state index contributed by atoms with van der Waals surface area (Å²) < 4.78 is 0. The van der Waals surface area contributed by atoms with Crippen LogP contribution in [0.5, 0.6) is 0 Å². The molecule has 0 aliphatic rings. The molecular formula is C13H16N2. The van der Waals surface area contributed by atoms with Gasteiger partial charge in [0.1, 0.15) is 0 Å². The number of nitrogens with two attached hydrogens (primary N) is 2. The van der Waals surface area contributed by atoms with E-state index in [1.807, 2.05) is 19.1 Å². The molecule has 2 heteroatoms. The van der Waals surface area contributed by atoms with Crippen LogP contribution in [0.3, 0.4) is 0 Å². The smallest absolute Gasteiger partial charge is 0.0446 e. The van der Waals surface area contributed by atoms with Crippen LogP contribution in [-0.2, 0) is 0 Å². The van der Waals surface area contributed by atoms with Crippen LogP contribution in [-0.4, -0.2) is 6.04 Å². The topological polar surface area (TPSA) is 52.0 Å². The lowest BCUT2D eigenvalue weighted by Crippen LogP contribution is -2.30. The highest BCUT2D eigenvalue weighted by Gasteiger charge is 2.10. The summed E-state index contributed by atoms with van der Waals surface area (Å²) in [5, 5.41) is 2.45. The molecule has 2 unspecified atom stereocenters. The van der Waals surface area contributed by atoms with Crippen LogP contribution in [0.15, 0.2) is 42.5 Å². The molecule has 0 bridgehead atoms. The van der Waals surface area contributed by atoms with Gasteiger partial charge in [0.2, 0.25) is 0 Å². The molecule has 4 N–H and O–H groups in total. The largest absolute Gasteiger partial charge is 0.326 e. The third-order valence-electron chi connectivity index (χ3n) is 2.72. The zero-order valence-electron chi connectivity index (χ0n) is 8.85. The number of hydrogen-bond acceptors (Lipinski definition) is 2. The van der Waals surface area contributed by atoms with E-state index in [2.05, 4.69) is 30.3 Å². The summed E-state index contributed by atoms with van der Waals surface area (Å²) in [5.74, 6) is 0. The Labute approximate surface area is 89.9 Å². The van der Waals surface area contributed by atoms with Crippen LogP contribution in [0.4, 0.5) is 0 Å². The lowest BCUT2D eigenvalue weighted by atomic mass is 9.99. The monoisotopic (exact) mass is 200 g/mol. The normalized spacial score (nSPS) is 15.1. The van der Waals surface area contributed by atoms with Gasteiger partial charge in [0.25, 0.3) is 0 Å². The van der Waals surface area contributed by atoms with E-state index in [4.69, 9.17) is 11.5 Å². The highest BCUT2D eigenvalue weighted by Crippen LogP contribution is 2.20. The van der Waals surface area contributed by atoms with Crippen LogP contribution in [0.1, 0.15) is 18.5 Å². The lowest BCUT2D eigenvalue weighted by molar-refractivity contribution is 0.589. The molecule has 78 valence electrons. The minimum Gasteiger partial charge on any atom is -0.326 e. The molecule has 0 aliphatic heterocycles. The first kappa shape index (κ1) is 10.1. The second-order valence-electron chi connectivity index (χ2n) is 3.99. The predicted octanol–water partition coefficient (Wildman–Crippen LogP) is 2.19. The van der Waals surface area contributed by atoms with Gasteiger partial charge in [-0.2, -0.15) is 0 Å². The fraction of sp³-hybridized carbons (Fsp3) is 0.231. The average Bonchev–Trinajstić information content (AvgIpc) is 2.27. The van der Waals surface area contributed by atoms with Gasteiger partial charge in [-0.3, -0.25) is 0 Å². The maximum Gasteiger partial charge on any atom is 0.0446 e. The van der Waals surface area contributed by atoms with Crippen LogP contribution in [0.2, 0.25) is 0 Å². The SMILES string of the molecule is CC(N)C(N)c1ccc2ccccc2c1. The summed E-state index contributed by atoms with van der Waals surface area (Å²) in [6, 6.07) is 14.4. The van der Waals surface area contributed by atoms with E-state index in [0.717, 1.165) is 5.56 Å². The van der Waals surface area contributed by atoms with E-state index in [9.17, 15) is 0 Å². The van der Waals surface area contributed by atoms with Gasteiger partial charge in [0, 0.05) is 12.1 Å². The van der Waals surface area contributed by atoms with E-state index in [-0.39, 0.29) is 12.1 Å². The molecule has 0 amide bonds. The fourth-order valence-electron chi connectivity index (χ4n) is 1.72. The quantitative estimate of drug-likeness (QED) is 0.780. The Morgan fingerprint density at radius 2 is 1.60 bits per heavy atom. The molecule has 0 saturated heterocycles. The van der Waals surface area contributed by atoms with Crippen molar-refractivity contribution in [3.05, 3.63) is 48.0 Å². The minimum absolute atomic E-state index is 0.0221. The van der Waals surface area contributed by atoms with Gasteiger partial charge in [-0.25, -0.2) is 0 Å². The summed E-state index contributed by atoms with van der Waals surface area (Å²) >= 11 is 0. The Balaban J connectivity index is 2.47. The predicted molar refractivity (Wildman–Crippen MR) is 64.5 cm³/mol. The van der Waals surface area contributed by atoms with Gasteiger partial charge in [-0.1, -0.05) is 36.4 Å². The van der Waals surface area contributed by atoms with Gasteiger partial charge in [-0.15, -0.1) is 0 Å². The maximum atomic E-state index is 6.00. The van der Waals surface area contributed by atoms with E-state index in [1.165, 1.54) is 10.8 Å². The lowest BCUT2D eigenvalue weighted by Gasteiger charge is -2.16. The van der Waals surface area contributed by atoms with Crippen molar-refractivity contribution in [1.82, 2.24) is 0 Å². The van der Waals surface area contributed by atoms with Crippen molar-refractivity contribution in [2.24, 2.45) is 11.5 Å². The zero-order chi connectivity index (χ0) is 10.8. The molecule has 15 heavy (non-hydrogen) atoms. The first-order valence-corrected chi connectivity index (χ1v) is 5.18. The molecule has 0 aromatic heterocycles. The number of fused-ring (bicyclic) bond motifs is 1. The standard InChI is InChI=1S/C13H16N2/c1-9(14)13(15)12-7-6-10-4-2-3-5-11(10)8-12/h2-9,13H,14-15H2,1H3. The molecule has 0 spiro atoms. The highest BCUT2D eigenvalue weighted by molar-refractivity contribution is 5.83. The first-order chi connectivity index (χ1) is 7.18. The molecule has 0 fully saturated rings. The summed E-state index contributed by atoms with van der Waals surface area (Å²) in [7, 11) is 0. The van der Waals surface area contributed by atoms with Crippen molar-refractivity contribution in [3.63, 3.8) is 0 Å². The molecular weight excluding hydrogens is 184 g/mol. The van der Waals surface area contributed by atoms with Crippen molar-refractivity contribution in [2.75, 3.05) is 0 Å². The van der Waals surface area contributed by atoms with Crippen molar-refractivity contribution in [1.29, 1.82) is 0 Å². The van der Waals surface area contributed by atoms with Crippen LogP contribution >= 0.6 is 0 Å². The van der Waals surface area contributed by atoms with Gasteiger partial charge in [-0.05, 0) is 29.3 Å². The molecule has 2 nitrogen and oxygen atoms in total. The molecule has 0 radical (unpaired) electrons. The summed E-state index contributed by atoms with van der Waals surface area (Å²) in [6.45, 7) is 1.93. The van der Waals surface area contributed by atoms with Crippen molar-refractivity contribution in [3.8, 4) is 0 Å². The van der Waals surface area contributed by atoms with Gasteiger partial charge in [0.15, 0.2) is 0 Å². The average molecular weight is 200 g/mol. The Morgan fingerprint density at radius 1 is 0.933 bits per heavy atom. The molecule has 2 atom stereocenters. The summed E-state index contributed by atoms with van der Waals surface area (Å²) in [5.41, 5.74) is 12.9. The molecule has 2 aromatic carbocycles. The van der Waals surface area contributed by atoms with Crippen molar-refractivity contribution >= 4 is 10.8 Å². The van der Waals surface area contributed by atoms with Crippen LogP contribution in [0.25, 0.3) is 10.8 Å². The van der Waals surface area contributed by atoms with E-state index in [1.54, 1.807) is 0 Å². The van der Waals surface area contributed by atoms with E-state index < -0.39 is 0 Å². The zero-order valence-corrected chi connectivity index (χ0v) is 8.85. The van der Waals surface area contributed by atoms with Gasteiger partial charge in [0.05, 0.1) is 0 Å². The van der Waals surface area contributed by atoms with E-state index in [0.29, 0.717) is 0 Å². The van der Waals surface area contributed by atoms with Crippen molar-refractivity contribution in [2.45, 2.75) is 19.0 Å². The first-order valence-electron chi connectivity index (χ1n) is 5.18. The Morgan fingerprint density at radius 3 is 2.27 bits per heavy atom. The second kappa shape index (κ2) is 4.01. The maximum absolute atomic E-state index is 6.00. The molecule has 2 rings (SSSR count). The van der Waals surface area contributed by atoms with Gasteiger partial charge < -0.3 is 11.5 Å². The molecule has 0 aliphatic carbocycles. The summed E-state index contributed by atoms with van der Waals surface area (Å²) in [4.78, 5) is 0. The third kappa shape index (κ3) is 2.01. The molecule has 0 saturated carbocycles. The molecule has 0 heterocycles. The fourth-order valence-corrected chi connectivity index (χ4v) is 1.72. The van der Waals surface area contributed by atoms with Crippen LogP contribution in [0, 0.1) is 0 Å².